The first-order valence-corrected chi connectivity index (χ1v) is 14.8. The Morgan fingerprint density at radius 1 is 0.419 bits per heavy atom. The Kier molecular flexibility index (Phi) is 6.24. The van der Waals surface area contributed by atoms with Gasteiger partial charge in [-0.15, -0.1) is 11.3 Å². The molecule has 0 spiro atoms. The van der Waals surface area contributed by atoms with Crippen molar-refractivity contribution in [2.45, 2.75) is 0 Å². The van der Waals surface area contributed by atoms with Gasteiger partial charge in [-0.3, -0.25) is 0 Å². The topological polar surface area (TPSA) is 64.5 Å². The lowest BCUT2D eigenvalue weighted by atomic mass is 10.0. The molecule has 6 heteroatoms. The molecule has 8 aromatic rings. The van der Waals surface area contributed by atoms with Crippen molar-refractivity contribution in [3.63, 3.8) is 0 Å². The second kappa shape index (κ2) is 10.7. The van der Waals surface area contributed by atoms with Crippen molar-refractivity contribution < 1.29 is 0 Å². The smallest absolute Gasteiger partial charge is 0.164 e. The number of benzene rings is 5. The fourth-order valence-electron chi connectivity index (χ4n) is 5.33. The fraction of sp³-hybridized carbons (Fsp3) is 0. The number of thiophene rings is 1. The standard InChI is InChI=1S/C37H23N5S/c1-3-10-26(11-4-1)35-40-36(27-12-5-2-6-13-27)42-37(41-35)29-15-9-14-28(22-29)24-18-20-25(21-19-24)32-34-33(39-23-38-32)30-16-7-8-17-31(30)43-34/h1-23H. The number of rotatable bonds is 5. The molecule has 0 saturated heterocycles. The summed E-state index contributed by atoms with van der Waals surface area (Å²) in [6.45, 7) is 0. The minimum Gasteiger partial charge on any atom is -0.235 e. The molecule has 0 aliphatic rings. The summed E-state index contributed by atoms with van der Waals surface area (Å²) in [7, 11) is 0. The Hall–Kier alpha value is -5.59. The number of nitrogens with zero attached hydrogens (tertiary/aromatic N) is 5. The molecule has 0 saturated carbocycles. The van der Waals surface area contributed by atoms with E-state index in [4.69, 9.17) is 15.0 Å². The zero-order valence-electron chi connectivity index (χ0n) is 22.9. The molecule has 0 fully saturated rings. The van der Waals surface area contributed by atoms with Gasteiger partial charge in [0.2, 0.25) is 0 Å². The van der Waals surface area contributed by atoms with Gasteiger partial charge in [-0.25, -0.2) is 24.9 Å². The Balaban J connectivity index is 1.18. The maximum atomic E-state index is 4.90. The number of aromatic nitrogens is 5. The van der Waals surface area contributed by atoms with Gasteiger partial charge in [0, 0.05) is 32.3 Å². The molecule has 3 aromatic heterocycles. The number of fused-ring (bicyclic) bond motifs is 3. The lowest BCUT2D eigenvalue weighted by Crippen LogP contribution is -2.00. The summed E-state index contributed by atoms with van der Waals surface area (Å²) in [5.74, 6) is 1.94. The maximum absolute atomic E-state index is 4.90. The van der Waals surface area contributed by atoms with E-state index in [9.17, 15) is 0 Å². The summed E-state index contributed by atoms with van der Waals surface area (Å²) in [4.78, 5) is 23.9. The molecule has 0 atom stereocenters. The molecule has 0 amide bonds. The van der Waals surface area contributed by atoms with Crippen LogP contribution in [-0.2, 0) is 0 Å². The lowest BCUT2D eigenvalue weighted by molar-refractivity contribution is 1.07. The van der Waals surface area contributed by atoms with E-state index in [-0.39, 0.29) is 0 Å². The third-order valence-corrected chi connectivity index (χ3v) is 8.64. The summed E-state index contributed by atoms with van der Waals surface area (Å²) in [5.41, 5.74) is 8.05. The van der Waals surface area contributed by atoms with Gasteiger partial charge >= 0.3 is 0 Å². The zero-order chi connectivity index (χ0) is 28.6. The van der Waals surface area contributed by atoms with Crippen LogP contribution in [0.25, 0.3) is 76.9 Å². The second-order valence-corrected chi connectivity index (χ2v) is 11.2. The molecule has 8 rings (SSSR count). The van der Waals surface area contributed by atoms with E-state index in [1.54, 1.807) is 17.7 Å². The van der Waals surface area contributed by atoms with Crippen LogP contribution in [0.15, 0.2) is 140 Å². The van der Waals surface area contributed by atoms with Gasteiger partial charge < -0.3 is 0 Å². The van der Waals surface area contributed by atoms with E-state index in [0.717, 1.165) is 49.3 Å². The average molecular weight is 570 g/mol. The van der Waals surface area contributed by atoms with Crippen molar-refractivity contribution in [2.75, 3.05) is 0 Å². The highest BCUT2D eigenvalue weighted by Gasteiger charge is 2.14. The summed E-state index contributed by atoms with van der Waals surface area (Å²) < 4.78 is 2.33. The van der Waals surface area contributed by atoms with Crippen LogP contribution in [0.1, 0.15) is 0 Å². The van der Waals surface area contributed by atoms with E-state index in [2.05, 4.69) is 82.8 Å². The van der Waals surface area contributed by atoms with Gasteiger partial charge in [0.25, 0.3) is 0 Å². The molecule has 0 radical (unpaired) electrons. The molecule has 0 aliphatic carbocycles. The quantitative estimate of drug-likeness (QED) is 0.207. The van der Waals surface area contributed by atoms with Crippen molar-refractivity contribution in [1.29, 1.82) is 0 Å². The Morgan fingerprint density at radius 3 is 1.67 bits per heavy atom. The van der Waals surface area contributed by atoms with Crippen LogP contribution in [0.2, 0.25) is 0 Å². The first-order chi connectivity index (χ1) is 21.3. The molecule has 202 valence electrons. The molecule has 0 aliphatic heterocycles. The SMILES string of the molecule is c1ccc(-c2nc(-c3ccccc3)nc(-c3cccc(-c4ccc(-c5ncnc6c5sc5ccccc56)cc4)c3)n2)cc1. The average Bonchev–Trinajstić information content (AvgIpc) is 3.48. The predicted molar refractivity (Wildman–Crippen MR) is 175 cm³/mol. The van der Waals surface area contributed by atoms with Gasteiger partial charge in [-0.1, -0.05) is 121 Å². The highest BCUT2D eigenvalue weighted by molar-refractivity contribution is 7.26. The summed E-state index contributed by atoms with van der Waals surface area (Å²) in [5, 5.41) is 1.17. The first kappa shape index (κ1) is 25.1. The molecule has 0 unspecified atom stereocenters. The van der Waals surface area contributed by atoms with Crippen molar-refractivity contribution in [3.05, 3.63) is 140 Å². The third-order valence-electron chi connectivity index (χ3n) is 7.47. The highest BCUT2D eigenvalue weighted by atomic mass is 32.1. The van der Waals surface area contributed by atoms with Crippen LogP contribution < -0.4 is 0 Å². The summed E-state index contributed by atoms with van der Waals surface area (Å²) in [6.07, 6.45) is 1.66. The monoisotopic (exact) mass is 569 g/mol. The van der Waals surface area contributed by atoms with Gasteiger partial charge in [0.05, 0.1) is 15.9 Å². The van der Waals surface area contributed by atoms with E-state index in [1.807, 2.05) is 60.7 Å². The molecular weight excluding hydrogens is 547 g/mol. The normalized spacial score (nSPS) is 11.3. The summed E-state index contributed by atoms with van der Waals surface area (Å²) >= 11 is 1.74. The van der Waals surface area contributed by atoms with Crippen molar-refractivity contribution in [3.8, 4) is 56.5 Å². The minimum absolute atomic E-state index is 0.638. The van der Waals surface area contributed by atoms with Crippen LogP contribution in [0.5, 0.6) is 0 Å². The van der Waals surface area contributed by atoms with Crippen molar-refractivity contribution in [2.24, 2.45) is 0 Å². The van der Waals surface area contributed by atoms with Crippen molar-refractivity contribution >= 4 is 31.6 Å². The fourth-order valence-corrected chi connectivity index (χ4v) is 6.49. The molecule has 5 aromatic carbocycles. The third kappa shape index (κ3) is 4.74. The van der Waals surface area contributed by atoms with Gasteiger partial charge in [-0.2, -0.15) is 0 Å². The minimum atomic E-state index is 0.638. The summed E-state index contributed by atoms with van der Waals surface area (Å²) in [6, 6.07) is 45.4. The van der Waals surface area contributed by atoms with Crippen molar-refractivity contribution in [1.82, 2.24) is 24.9 Å². The molecule has 5 nitrogen and oxygen atoms in total. The van der Waals surface area contributed by atoms with Crippen LogP contribution in [0.4, 0.5) is 0 Å². The van der Waals surface area contributed by atoms with E-state index in [1.165, 1.54) is 10.1 Å². The highest BCUT2D eigenvalue weighted by Crippen LogP contribution is 2.38. The molecule has 0 N–H and O–H groups in total. The van der Waals surface area contributed by atoms with E-state index >= 15 is 0 Å². The lowest BCUT2D eigenvalue weighted by Gasteiger charge is -2.10. The van der Waals surface area contributed by atoms with Gasteiger partial charge in [-0.05, 0) is 23.3 Å². The van der Waals surface area contributed by atoms with Crippen LogP contribution in [-0.4, -0.2) is 24.9 Å². The second-order valence-electron chi connectivity index (χ2n) is 10.2. The maximum Gasteiger partial charge on any atom is 0.164 e. The molecule has 0 bridgehead atoms. The zero-order valence-corrected chi connectivity index (χ0v) is 23.7. The van der Waals surface area contributed by atoms with E-state index < -0.39 is 0 Å². The first-order valence-electron chi connectivity index (χ1n) is 14.0. The van der Waals surface area contributed by atoms with Gasteiger partial charge in [0.1, 0.15) is 6.33 Å². The Morgan fingerprint density at radius 2 is 0.977 bits per heavy atom. The molecular formula is C37H23N5S. The van der Waals surface area contributed by atoms with Crippen LogP contribution in [0.3, 0.4) is 0 Å². The van der Waals surface area contributed by atoms with E-state index in [0.29, 0.717) is 17.5 Å². The number of hydrogen-bond donors (Lipinski definition) is 0. The van der Waals surface area contributed by atoms with Gasteiger partial charge in [0.15, 0.2) is 17.5 Å². The predicted octanol–water partition coefficient (Wildman–Crippen LogP) is 9.36. The van der Waals surface area contributed by atoms with Crippen LogP contribution in [0, 0.1) is 0 Å². The molecule has 3 heterocycles. The molecule has 43 heavy (non-hydrogen) atoms. The largest absolute Gasteiger partial charge is 0.235 e. The Labute approximate surface area is 252 Å². The Bertz CT molecular complexity index is 2170. The van der Waals surface area contributed by atoms with Crippen LogP contribution >= 0.6 is 11.3 Å². The number of hydrogen-bond acceptors (Lipinski definition) is 6.